The van der Waals surface area contributed by atoms with Gasteiger partial charge in [0.15, 0.2) is 0 Å². The number of anilines is 2. The highest BCUT2D eigenvalue weighted by atomic mass is 79.9. The van der Waals surface area contributed by atoms with Gasteiger partial charge in [0, 0.05) is 42.3 Å². The standard InChI is InChI=1S/C22H23BrN4O3/c1-14-12-15(5-6-17(14)23)25-21-16-7-11-30-19(16)13-18(26-21)22(29)24-8-3-10-27-9-2-4-20(27)28/h5-7,11-13H,2-4,8-10H2,1H3,(H,24,29)(H,25,26). The zero-order valence-electron chi connectivity index (χ0n) is 16.7. The minimum atomic E-state index is -0.268. The van der Waals surface area contributed by atoms with Crippen LogP contribution in [-0.2, 0) is 4.79 Å². The molecular formula is C22H23BrN4O3. The van der Waals surface area contributed by atoms with Gasteiger partial charge in [0.1, 0.15) is 17.1 Å². The number of nitrogens with one attached hydrogen (secondary N) is 2. The summed E-state index contributed by atoms with van der Waals surface area (Å²) in [5.74, 6) is 0.497. The van der Waals surface area contributed by atoms with E-state index in [2.05, 4.69) is 31.5 Å². The molecule has 8 heteroatoms. The molecule has 0 saturated carbocycles. The normalized spacial score (nSPS) is 13.8. The molecule has 1 aliphatic rings. The Balaban J connectivity index is 1.45. The highest BCUT2D eigenvalue weighted by Crippen LogP contribution is 2.28. The van der Waals surface area contributed by atoms with Gasteiger partial charge in [-0.1, -0.05) is 15.9 Å². The van der Waals surface area contributed by atoms with Crippen molar-refractivity contribution in [2.75, 3.05) is 25.0 Å². The van der Waals surface area contributed by atoms with Crippen LogP contribution in [0.15, 0.2) is 45.5 Å². The summed E-state index contributed by atoms with van der Waals surface area (Å²) in [5.41, 5.74) is 2.84. The van der Waals surface area contributed by atoms with Crippen molar-refractivity contribution >= 4 is 50.2 Å². The van der Waals surface area contributed by atoms with Gasteiger partial charge in [0.25, 0.3) is 5.91 Å². The maximum absolute atomic E-state index is 12.6. The summed E-state index contributed by atoms with van der Waals surface area (Å²) in [6.07, 6.45) is 3.85. The molecule has 1 fully saturated rings. The predicted octanol–water partition coefficient (Wildman–Crippen LogP) is 4.38. The molecule has 0 unspecified atom stereocenters. The SMILES string of the molecule is Cc1cc(Nc2nc(C(=O)NCCCN3CCCC3=O)cc3occc23)ccc1Br. The Morgan fingerprint density at radius 2 is 2.17 bits per heavy atom. The molecule has 0 atom stereocenters. The molecule has 2 N–H and O–H groups in total. The van der Waals surface area contributed by atoms with Crippen LogP contribution in [0.5, 0.6) is 0 Å². The van der Waals surface area contributed by atoms with Gasteiger partial charge in [-0.15, -0.1) is 0 Å². The van der Waals surface area contributed by atoms with E-state index in [0.29, 0.717) is 37.3 Å². The van der Waals surface area contributed by atoms with Crippen molar-refractivity contribution in [3.63, 3.8) is 0 Å². The van der Waals surface area contributed by atoms with Crippen molar-refractivity contribution in [2.24, 2.45) is 0 Å². The largest absolute Gasteiger partial charge is 0.464 e. The lowest BCUT2D eigenvalue weighted by Gasteiger charge is -2.15. The van der Waals surface area contributed by atoms with Crippen LogP contribution >= 0.6 is 15.9 Å². The number of hydrogen-bond donors (Lipinski definition) is 2. The highest BCUT2D eigenvalue weighted by molar-refractivity contribution is 9.10. The molecule has 3 aromatic rings. The Hall–Kier alpha value is -2.87. The molecule has 2 aromatic heterocycles. The van der Waals surface area contributed by atoms with Crippen LogP contribution in [0.2, 0.25) is 0 Å². The first-order valence-electron chi connectivity index (χ1n) is 9.98. The second-order valence-electron chi connectivity index (χ2n) is 7.37. The van der Waals surface area contributed by atoms with Crippen LogP contribution in [0.3, 0.4) is 0 Å². The van der Waals surface area contributed by atoms with Gasteiger partial charge in [-0.2, -0.15) is 0 Å². The number of carbonyl (C=O) groups excluding carboxylic acids is 2. The molecule has 0 aliphatic carbocycles. The first kappa shape index (κ1) is 20.4. The number of nitrogens with zero attached hydrogens (tertiary/aromatic N) is 2. The van der Waals surface area contributed by atoms with E-state index in [1.807, 2.05) is 36.1 Å². The fourth-order valence-electron chi connectivity index (χ4n) is 3.54. The Morgan fingerprint density at radius 1 is 1.30 bits per heavy atom. The molecule has 0 bridgehead atoms. The zero-order valence-corrected chi connectivity index (χ0v) is 18.3. The lowest BCUT2D eigenvalue weighted by molar-refractivity contribution is -0.127. The first-order valence-corrected chi connectivity index (χ1v) is 10.8. The average Bonchev–Trinajstić information content (AvgIpc) is 3.37. The lowest BCUT2D eigenvalue weighted by atomic mass is 10.2. The van der Waals surface area contributed by atoms with Gasteiger partial charge >= 0.3 is 0 Å². The maximum Gasteiger partial charge on any atom is 0.270 e. The van der Waals surface area contributed by atoms with E-state index in [1.165, 1.54) is 0 Å². The number of aromatic nitrogens is 1. The number of carbonyl (C=O) groups is 2. The third kappa shape index (κ3) is 4.48. The number of hydrogen-bond acceptors (Lipinski definition) is 5. The van der Waals surface area contributed by atoms with E-state index in [4.69, 9.17) is 4.42 Å². The number of pyridine rings is 1. The molecule has 1 aliphatic heterocycles. The first-order chi connectivity index (χ1) is 14.5. The minimum Gasteiger partial charge on any atom is -0.464 e. The number of benzene rings is 1. The van der Waals surface area contributed by atoms with E-state index < -0.39 is 0 Å². The fourth-order valence-corrected chi connectivity index (χ4v) is 3.79. The van der Waals surface area contributed by atoms with Crippen LogP contribution in [0.1, 0.15) is 35.3 Å². The highest BCUT2D eigenvalue weighted by Gasteiger charge is 2.19. The molecule has 3 heterocycles. The van der Waals surface area contributed by atoms with Crippen LogP contribution in [0.4, 0.5) is 11.5 Å². The van der Waals surface area contributed by atoms with Crippen molar-refractivity contribution < 1.29 is 14.0 Å². The maximum atomic E-state index is 12.6. The molecule has 30 heavy (non-hydrogen) atoms. The fraction of sp³-hybridized carbons (Fsp3) is 0.318. The summed E-state index contributed by atoms with van der Waals surface area (Å²) in [6, 6.07) is 9.38. The minimum absolute atomic E-state index is 0.199. The Morgan fingerprint density at radius 3 is 2.93 bits per heavy atom. The Labute approximate surface area is 183 Å². The lowest BCUT2D eigenvalue weighted by Crippen LogP contribution is -2.31. The van der Waals surface area contributed by atoms with Crippen molar-refractivity contribution in [2.45, 2.75) is 26.2 Å². The van der Waals surface area contributed by atoms with Gasteiger partial charge < -0.3 is 20.0 Å². The molecule has 1 aromatic carbocycles. The summed E-state index contributed by atoms with van der Waals surface area (Å²) >= 11 is 3.50. The van der Waals surface area contributed by atoms with Crippen molar-refractivity contribution in [1.82, 2.24) is 15.2 Å². The average molecular weight is 471 g/mol. The molecule has 1 saturated heterocycles. The van der Waals surface area contributed by atoms with E-state index in [0.717, 1.165) is 34.1 Å². The molecule has 0 spiro atoms. The van der Waals surface area contributed by atoms with Gasteiger partial charge in [0.05, 0.1) is 11.6 Å². The summed E-state index contributed by atoms with van der Waals surface area (Å²) in [4.78, 5) is 30.7. The number of likely N-dealkylation sites (tertiary alicyclic amines) is 1. The predicted molar refractivity (Wildman–Crippen MR) is 119 cm³/mol. The Kier molecular flexibility index (Phi) is 6.03. The van der Waals surface area contributed by atoms with E-state index in [9.17, 15) is 9.59 Å². The second-order valence-corrected chi connectivity index (χ2v) is 8.23. The number of fused-ring (bicyclic) bond motifs is 1. The monoisotopic (exact) mass is 470 g/mol. The number of aryl methyl sites for hydroxylation is 1. The van der Waals surface area contributed by atoms with E-state index in [-0.39, 0.29) is 17.5 Å². The molecular weight excluding hydrogens is 448 g/mol. The topological polar surface area (TPSA) is 87.5 Å². The van der Waals surface area contributed by atoms with Crippen molar-refractivity contribution in [1.29, 1.82) is 0 Å². The molecule has 4 rings (SSSR count). The summed E-state index contributed by atoms with van der Waals surface area (Å²) in [7, 11) is 0. The number of furan rings is 1. The second kappa shape index (κ2) is 8.87. The zero-order chi connectivity index (χ0) is 21.1. The van der Waals surface area contributed by atoms with E-state index in [1.54, 1.807) is 12.3 Å². The quantitative estimate of drug-likeness (QED) is 0.500. The Bertz CT molecular complexity index is 1100. The number of rotatable bonds is 7. The number of halogens is 1. The molecule has 0 radical (unpaired) electrons. The number of amides is 2. The molecule has 2 amide bonds. The summed E-state index contributed by atoms with van der Waals surface area (Å²) < 4.78 is 6.55. The van der Waals surface area contributed by atoms with Crippen molar-refractivity contribution in [3.05, 3.63) is 52.3 Å². The third-order valence-electron chi connectivity index (χ3n) is 5.17. The van der Waals surface area contributed by atoms with Gasteiger partial charge in [0.2, 0.25) is 5.91 Å². The van der Waals surface area contributed by atoms with Gasteiger partial charge in [-0.3, -0.25) is 9.59 Å². The van der Waals surface area contributed by atoms with Crippen molar-refractivity contribution in [3.8, 4) is 0 Å². The van der Waals surface area contributed by atoms with Crippen LogP contribution in [0, 0.1) is 6.92 Å². The van der Waals surface area contributed by atoms with Crippen LogP contribution < -0.4 is 10.6 Å². The van der Waals surface area contributed by atoms with Crippen LogP contribution in [0.25, 0.3) is 11.0 Å². The van der Waals surface area contributed by atoms with Crippen LogP contribution in [-0.4, -0.2) is 41.3 Å². The van der Waals surface area contributed by atoms with E-state index >= 15 is 0 Å². The van der Waals surface area contributed by atoms with Gasteiger partial charge in [-0.25, -0.2) is 4.98 Å². The summed E-state index contributed by atoms with van der Waals surface area (Å²) in [6.45, 7) is 3.97. The van der Waals surface area contributed by atoms with Gasteiger partial charge in [-0.05, 0) is 49.6 Å². The third-order valence-corrected chi connectivity index (χ3v) is 6.06. The molecule has 156 valence electrons. The summed E-state index contributed by atoms with van der Waals surface area (Å²) in [5, 5.41) is 6.98. The molecule has 7 nitrogen and oxygen atoms in total. The smallest absolute Gasteiger partial charge is 0.270 e.